The molecule has 1 aromatic carbocycles. The van der Waals surface area contributed by atoms with Crippen LogP contribution in [0.25, 0.3) is 0 Å². The Kier molecular flexibility index (Phi) is 4.39. The zero-order valence-electron chi connectivity index (χ0n) is 7.74. The lowest BCUT2D eigenvalue weighted by molar-refractivity contribution is 0.0505. The summed E-state index contributed by atoms with van der Waals surface area (Å²) in [4.78, 5) is 0.0146. The summed E-state index contributed by atoms with van der Waals surface area (Å²) >= 11 is 3.17. The first-order valence-electron chi connectivity index (χ1n) is 3.81. The maximum atomic E-state index is 11.0. The molecule has 0 aliphatic heterocycles. The molecule has 4 nitrogen and oxygen atoms in total. The van der Waals surface area contributed by atoms with Crippen molar-refractivity contribution in [2.45, 2.75) is 4.90 Å². The van der Waals surface area contributed by atoms with Gasteiger partial charge in [0.05, 0.1) is 9.37 Å². The van der Waals surface area contributed by atoms with E-state index in [1.807, 2.05) is 0 Å². The molecule has 0 aliphatic rings. The molecule has 0 radical (unpaired) electrons. The molecule has 0 bridgehead atoms. The average Bonchev–Trinajstić information content (AvgIpc) is 2.14. The highest BCUT2D eigenvalue weighted by molar-refractivity contribution is 9.10. The van der Waals surface area contributed by atoms with Gasteiger partial charge in [0.1, 0.15) is 5.75 Å². The van der Waals surface area contributed by atoms with Crippen molar-refractivity contribution in [2.24, 2.45) is 0 Å². The second-order valence-corrected chi connectivity index (χ2v) is 6.00. The quantitative estimate of drug-likeness (QED) is 0.632. The van der Waals surface area contributed by atoms with Gasteiger partial charge in [-0.1, -0.05) is 0 Å². The molecule has 0 atom stereocenters. The molecule has 1 aromatic rings. The molecule has 0 unspecified atom stereocenters. The molecule has 0 fully saturated rings. The molecule has 0 spiro atoms. The fourth-order valence-corrected chi connectivity index (χ4v) is 2.29. The van der Waals surface area contributed by atoms with Crippen LogP contribution in [-0.4, -0.2) is 22.3 Å². The van der Waals surface area contributed by atoms with Gasteiger partial charge >= 0.3 is 0 Å². The van der Waals surface area contributed by atoms with E-state index in [0.717, 1.165) is 0 Å². The number of halogens is 2. The van der Waals surface area contributed by atoms with Gasteiger partial charge in [-0.2, -0.15) is 0 Å². The third kappa shape index (κ3) is 3.64. The maximum Gasteiger partial charge on any atom is 0.261 e. The van der Waals surface area contributed by atoms with Crippen LogP contribution in [0, 0.1) is 0 Å². The predicted molar refractivity (Wildman–Crippen MR) is 59.7 cm³/mol. The van der Waals surface area contributed by atoms with Crippen LogP contribution in [0.15, 0.2) is 27.6 Å². The Bertz CT molecular complexity index is 446. The molecule has 0 aromatic heterocycles. The molecule has 0 heterocycles. The molecule has 15 heavy (non-hydrogen) atoms. The van der Waals surface area contributed by atoms with E-state index >= 15 is 0 Å². The molecule has 1 rings (SSSR count). The smallest absolute Gasteiger partial charge is 0.261 e. The van der Waals surface area contributed by atoms with E-state index in [-0.39, 0.29) is 11.7 Å². The first kappa shape index (κ1) is 12.8. The highest BCUT2D eigenvalue weighted by Gasteiger charge is 2.12. The molecule has 0 aliphatic carbocycles. The zero-order chi connectivity index (χ0) is 11.5. The summed E-state index contributed by atoms with van der Waals surface area (Å²) in [6, 6.07) is 4.23. The van der Waals surface area contributed by atoms with Gasteiger partial charge in [0, 0.05) is 17.8 Å². The molecule has 0 saturated carbocycles. The van der Waals surface area contributed by atoms with E-state index in [9.17, 15) is 8.42 Å². The fourth-order valence-electron chi connectivity index (χ4n) is 0.873. The van der Waals surface area contributed by atoms with Crippen LogP contribution in [0.1, 0.15) is 0 Å². The predicted octanol–water partition coefficient (Wildman–Crippen LogP) is 2.36. The summed E-state index contributed by atoms with van der Waals surface area (Å²) in [6.45, 7) is 0.0889. The van der Waals surface area contributed by atoms with E-state index in [1.165, 1.54) is 25.3 Å². The van der Waals surface area contributed by atoms with Crippen molar-refractivity contribution in [3.63, 3.8) is 0 Å². The van der Waals surface area contributed by atoms with E-state index in [0.29, 0.717) is 10.2 Å². The molecule has 0 saturated heterocycles. The van der Waals surface area contributed by atoms with Crippen molar-refractivity contribution in [3.05, 3.63) is 22.7 Å². The Morgan fingerprint density at radius 2 is 2.13 bits per heavy atom. The summed E-state index contributed by atoms with van der Waals surface area (Å²) < 4.78 is 32.3. The highest BCUT2D eigenvalue weighted by Crippen LogP contribution is 2.28. The van der Waals surface area contributed by atoms with Crippen LogP contribution in [0.3, 0.4) is 0 Å². The topological polar surface area (TPSA) is 52.6 Å². The van der Waals surface area contributed by atoms with Crippen LogP contribution >= 0.6 is 26.6 Å². The van der Waals surface area contributed by atoms with Crippen molar-refractivity contribution in [1.29, 1.82) is 0 Å². The molecule has 0 N–H and O–H groups in total. The monoisotopic (exact) mass is 314 g/mol. The average molecular weight is 316 g/mol. The molecule has 84 valence electrons. The fraction of sp³-hybridized carbons (Fsp3) is 0.250. The van der Waals surface area contributed by atoms with Gasteiger partial charge in [0.25, 0.3) is 9.05 Å². The van der Waals surface area contributed by atoms with Gasteiger partial charge in [-0.15, -0.1) is 0 Å². The maximum absolute atomic E-state index is 11.0. The Morgan fingerprint density at radius 1 is 1.47 bits per heavy atom. The van der Waals surface area contributed by atoms with E-state index in [2.05, 4.69) is 15.9 Å². The van der Waals surface area contributed by atoms with Crippen LogP contribution < -0.4 is 4.74 Å². The normalized spacial score (nSPS) is 11.4. The second-order valence-electron chi connectivity index (χ2n) is 2.58. The van der Waals surface area contributed by atoms with Gasteiger partial charge < -0.3 is 9.47 Å². The lowest BCUT2D eigenvalue weighted by Gasteiger charge is -2.07. The van der Waals surface area contributed by atoms with Gasteiger partial charge in [0.2, 0.25) is 0 Å². The SMILES string of the molecule is COCOc1ccc(S(=O)(=O)Cl)cc1Br. The summed E-state index contributed by atoms with van der Waals surface area (Å²) in [5.41, 5.74) is 0. The molecule has 0 amide bonds. The summed E-state index contributed by atoms with van der Waals surface area (Å²) in [5.74, 6) is 0.487. The minimum absolute atomic E-state index is 0.0146. The Morgan fingerprint density at radius 3 is 2.60 bits per heavy atom. The van der Waals surface area contributed by atoms with Crippen molar-refractivity contribution >= 4 is 35.7 Å². The third-order valence-corrected chi connectivity index (χ3v) is 3.49. The largest absolute Gasteiger partial charge is 0.466 e. The minimum atomic E-state index is -3.71. The number of ether oxygens (including phenoxy) is 2. The van der Waals surface area contributed by atoms with E-state index in [1.54, 1.807) is 0 Å². The Hall–Kier alpha value is -0.300. The van der Waals surface area contributed by atoms with Gasteiger partial charge in [0.15, 0.2) is 6.79 Å². The van der Waals surface area contributed by atoms with Crippen molar-refractivity contribution < 1.29 is 17.9 Å². The number of benzene rings is 1. The first-order valence-corrected chi connectivity index (χ1v) is 6.91. The van der Waals surface area contributed by atoms with E-state index < -0.39 is 9.05 Å². The summed E-state index contributed by atoms with van der Waals surface area (Å²) in [5, 5.41) is 0. The van der Waals surface area contributed by atoms with Crippen molar-refractivity contribution in [1.82, 2.24) is 0 Å². The van der Waals surface area contributed by atoms with Gasteiger partial charge in [-0.05, 0) is 34.1 Å². The molecular weight excluding hydrogens is 308 g/mol. The van der Waals surface area contributed by atoms with Crippen molar-refractivity contribution in [2.75, 3.05) is 13.9 Å². The third-order valence-electron chi connectivity index (χ3n) is 1.52. The van der Waals surface area contributed by atoms with E-state index in [4.69, 9.17) is 20.2 Å². The number of hydrogen-bond donors (Lipinski definition) is 0. The first-order chi connectivity index (χ1) is 6.95. The van der Waals surface area contributed by atoms with Crippen LogP contribution in [-0.2, 0) is 13.8 Å². The lowest BCUT2D eigenvalue weighted by atomic mass is 10.3. The summed E-state index contributed by atoms with van der Waals surface area (Å²) in [7, 11) is 2.96. The highest BCUT2D eigenvalue weighted by atomic mass is 79.9. The van der Waals surface area contributed by atoms with Gasteiger partial charge in [-0.3, -0.25) is 0 Å². The Balaban J connectivity index is 2.99. The van der Waals surface area contributed by atoms with Crippen LogP contribution in [0.5, 0.6) is 5.75 Å². The summed E-state index contributed by atoms with van der Waals surface area (Å²) in [6.07, 6.45) is 0. The molecular formula is C8H8BrClO4S. The number of methoxy groups -OCH3 is 1. The van der Waals surface area contributed by atoms with Gasteiger partial charge in [-0.25, -0.2) is 8.42 Å². The number of rotatable bonds is 4. The van der Waals surface area contributed by atoms with Crippen LogP contribution in [0.2, 0.25) is 0 Å². The number of hydrogen-bond acceptors (Lipinski definition) is 4. The standard InChI is InChI=1S/C8H8BrClO4S/c1-13-5-14-8-3-2-6(4-7(8)9)15(10,11)12/h2-4H,5H2,1H3. The Labute approximate surface area is 101 Å². The zero-order valence-corrected chi connectivity index (χ0v) is 10.9. The minimum Gasteiger partial charge on any atom is -0.466 e. The van der Waals surface area contributed by atoms with Crippen LogP contribution in [0.4, 0.5) is 0 Å². The lowest BCUT2D eigenvalue weighted by Crippen LogP contribution is -2.00. The molecule has 7 heteroatoms. The second kappa shape index (κ2) is 5.16. The van der Waals surface area contributed by atoms with Crippen molar-refractivity contribution in [3.8, 4) is 5.75 Å².